The third-order valence-electron chi connectivity index (χ3n) is 2.50. The highest BCUT2D eigenvalue weighted by atomic mass is 32.2. The van der Waals surface area contributed by atoms with E-state index >= 15 is 0 Å². The number of carbonyl (C=O) groups excluding carboxylic acids is 1. The van der Waals surface area contributed by atoms with Crippen molar-refractivity contribution in [3.05, 3.63) is 30.1 Å². The minimum absolute atomic E-state index is 0.0800. The fourth-order valence-corrected chi connectivity index (χ4v) is 3.51. The van der Waals surface area contributed by atoms with E-state index in [9.17, 15) is 4.79 Å². The number of pyridine rings is 1. The Balaban J connectivity index is 1.88. The highest BCUT2D eigenvalue weighted by Crippen LogP contribution is 2.15. The number of thioether (sulfide) groups is 2. The van der Waals surface area contributed by atoms with Crippen molar-refractivity contribution in [2.75, 3.05) is 23.3 Å². The number of nitrogens with one attached hydrogen (secondary N) is 1. The van der Waals surface area contributed by atoms with Crippen molar-refractivity contribution in [2.45, 2.75) is 12.8 Å². The molecule has 0 atom stereocenters. The number of hydrogen-bond donors (Lipinski definition) is 1. The first-order valence-corrected chi connectivity index (χ1v) is 8.28. The van der Waals surface area contributed by atoms with Gasteiger partial charge in [0.25, 0.3) is 5.91 Å². The molecule has 0 aromatic carbocycles. The predicted molar refractivity (Wildman–Crippen MR) is 77.4 cm³/mol. The number of aromatic nitrogens is 1. The van der Waals surface area contributed by atoms with Crippen molar-refractivity contribution in [3.8, 4) is 0 Å². The maximum atomic E-state index is 12.0. The van der Waals surface area contributed by atoms with Crippen LogP contribution in [0.5, 0.6) is 0 Å². The van der Waals surface area contributed by atoms with Gasteiger partial charge in [-0.2, -0.15) is 0 Å². The lowest BCUT2D eigenvalue weighted by molar-refractivity contribution is 0.0844. The van der Waals surface area contributed by atoms with Crippen molar-refractivity contribution in [2.24, 2.45) is 0 Å². The second-order valence-electron chi connectivity index (χ2n) is 4.00. The number of carbonyl (C=O) groups is 1. The molecule has 1 aromatic heterocycles. The van der Waals surface area contributed by atoms with E-state index in [-0.39, 0.29) is 5.91 Å². The van der Waals surface area contributed by atoms with Gasteiger partial charge in [-0.1, -0.05) is 0 Å². The maximum absolute atomic E-state index is 12.0. The summed E-state index contributed by atoms with van der Waals surface area (Å²) >= 11 is 3.74. The molecule has 98 valence electrons. The first kappa shape index (κ1) is 13.7. The Morgan fingerprint density at radius 2 is 2.00 bits per heavy atom. The summed E-state index contributed by atoms with van der Waals surface area (Å²) in [7, 11) is 0. The van der Waals surface area contributed by atoms with Gasteiger partial charge in [0.15, 0.2) is 0 Å². The van der Waals surface area contributed by atoms with E-state index in [1.54, 1.807) is 24.5 Å². The minimum atomic E-state index is -0.0800. The summed E-state index contributed by atoms with van der Waals surface area (Å²) in [6.45, 7) is 0. The second kappa shape index (κ2) is 7.66. The third kappa shape index (κ3) is 4.51. The zero-order valence-corrected chi connectivity index (χ0v) is 11.8. The van der Waals surface area contributed by atoms with E-state index in [1.165, 1.54) is 24.3 Å². The fraction of sp³-hybridized carbons (Fsp3) is 0.500. The van der Waals surface area contributed by atoms with Gasteiger partial charge < -0.3 is 0 Å². The van der Waals surface area contributed by atoms with Crippen LogP contribution in [0.1, 0.15) is 23.2 Å². The number of nitrogens with zero attached hydrogens (tertiary/aromatic N) is 2. The standard InChI is InChI=1S/C12H17N3OS2/c16-12(11-4-3-5-13-8-11)14-15-9-17-6-1-2-7-18-10-15/h3-5,8H,1-2,6-7,9-10H2,(H,14,16). The van der Waals surface area contributed by atoms with Crippen LogP contribution in [0, 0.1) is 0 Å². The molecule has 2 rings (SSSR count). The topological polar surface area (TPSA) is 45.2 Å². The van der Waals surface area contributed by atoms with E-state index in [4.69, 9.17) is 0 Å². The molecule has 0 aliphatic carbocycles. The molecule has 1 aliphatic heterocycles. The predicted octanol–water partition coefficient (Wildman–Crippen LogP) is 2.20. The van der Waals surface area contributed by atoms with Crippen LogP contribution in [0.2, 0.25) is 0 Å². The number of amides is 1. The van der Waals surface area contributed by atoms with Gasteiger partial charge >= 0.3 is 0 Å². The molecule has 18 heavy (non-hydrogen) atoms. The molecule has 1 fully saturated rings. The van der Waals surface area contributed by atoms with Crippen molar-refractivity contribution in [3.63, 3.8) is 0 Å². The summed E-state index contributed by atoms with van der Waals surface area (Å²) in [4.78, 5) is 15.9. The Labute approximate surface area is 116 Å². The lowest BCUT2D eigenvalue weighted by atomic mass is 10.3. The van der Waals surface area contributed by atoms with Crippen LogP contribution in [-0.4, -0.2) is 39.2 Å². The second-order valence-corrected chi connectivity index (χ2v) is 6.15. The quantitative estimate of drug-likeness (QED) is 0.901. The van der Waals surface area contributed by atoms with E-state index in [0.717, 1.165) is 11.8 Å². The van der Waals surface area contributed by atoms with E-state index in [2.05, 4.69) is 10.4 Å². The van der Waals surface area contributed by atoms with Crippen LogP contribution in [0.3, 0.4) is 0 Å². The Morgan fingerprint density at radius 1 is 1.28 bits per heavy atom. The molecular formula is C12H17N3OS2. The van der Waals surface area contributed by atoms with Gasteiger partial charge in [-0.3, -0.25) is 15.2 Å². The molecule has 6 heteroatoms. The number of hydrogen-bond acceptors (Lipinski definition) is 5. The van der Waals surface area contributed by atoms with Gasteiger partial charge in [0.05, 0.1) is 17.3 Å². The molecule has 1 amide bonds. The smallest absolute Gasteiger partial charge is 0.267 e. The van der Waals surface area contributed by atoms with Crippen LogP contribution < -0.4 is 5.43 Å². The molecule has 0 bridgehead atoms. The van der Waals surface area contributed by atoms with Crippen molar-refractivity contribution in [1.29, 1.82) is 0 Å². The van der Waals surface area contributed by atoms with Crippen molar-refractivity contribution in [1.82, 2.24) is 15.4 Å². The summed E-state index contributed by atoms with van der Waals surface area (Å²) < 4.78 is 0. The van der Waals surface area contributed by atoms with Gasteiger partial charge in [0.1, 0.15) is 0 Å². The maximum Gasteiger partial charge on any atom is 0.267 e. The Hall–Kier alpha value is -0.720. The summed E-state index contributed by atoms with van der Waals surface area (Å²) in [5.74, 6) is 3.95. The average molecular weight is 283 g/mol. The zero-order valence-electron chi connectivity index (χ0n) is 10.2. The lowest BCUT2D eigenvalue weighted by Gasteiger charge is -2.21. The summed E-state index contributed by atoms with van der Waals surface area (Å²) in [5.41, 5.74) is 3.55. The van der Waals surface area contributed by atoms with Crippen LogP contribution in [0.25, 0.3) is 0 Å². The molecule has 1 aliphatic rings. The minimum Gasteiger partial charge on any atom is -0.283 e. The molecule has 1 N–H and O–H groups in total. The fourth-order valence-electron chi connectivity index (χ4n) is 1.56. The summed E-state index contributed by atoms with van der Waals surface area (Å²) in [5, 5.41) is 1.98. The first-order chi connectivity index (χ1) is 8.86. The third-order valence-corrected chi connectivity index (χ3v) is 4.65. The highest BCUT2D eigenvalue weighted by Gasteiger charge is 2.12. The molecule has 1 aromatic rings. The van der Waals surface area contributed by atoms with Crippen LogP contribution in [0.15, 0.2) is 24.5 Å². The van der Waals surface area contributed by atoms with Crippen LogP contribution >= 0.6 is 23.5 Å². The van der Waals surface area contributed by atoms with Crippen molar-refractivity contribution < 1.29 is 4.79 Å². The summed E-state index contributed by atoms with van der Waals surface area (Å²) in [6.07, 6.45) is 5.79. The first-order valence-electron chi connectivity index (χ1n) is 5.98. The molecule has 1 saturated heterocycles. The lowest BCUT2D eigenvalue weighted by Crippen LogP contribution is -2.41. The Bertz CT molecular complexity index is 365. The molecule has 0 radical (unpaired) electrons. The van der Waals surface area contributed by atoms with E-state index in [1.807, 2.05) is 28.5 Å². The van der Waals surface area contributed by atoms with Crippen LogP contribution in [-0.2, 0) is 0 Å². The number of hydrazine groups is 1. The number of rotatable bonds is 2. The zero-order chi connectivity index (χ0) is 12.6. The summed E-state index contributed by atoms with van der Waals surface area (Å²) in [6, 6.07) is 3.55. The molecule has 0 spiro atoms. The molecule has 0 saturated carbocycles. The van der Waals surface area contributed by atoms with E-state index in [0.29, 0.717) is 5.56 Å². The molecule has 4 nitrogen and oxygen atoms in total. The van der Waals surface area contributed by atoms with Gasteiger partial charge in [-0.25, -0.2) is 5.01 Å². The Kier molecular flexibility index (Phi) is 5.83. The van der Waals surface area contributed by atoms with Gasteiger partial charge in [0.2, 0.25) is 0 Å². The van der Waals surface area contributed by atoms with Crippen LogP contribution in [0.4, 0.5) is 0 Å². The largest absolute Gasteiger partial charge is 0.283 e. The van der Waals surface area contributed by atoms with Crippen molar-refractivity contribution >= 4 is 29.4 Å². The Morgan fingerprint density at radius 3 is 2.61 bits per heavy atom. The van der Waals surface area contributed by atoms with Gasteiger partial charge in [-0.05, 0) is 36.5 Å². The normalized spacial score (nSPS) is 18.4. The van der Waals surface area contributed by atoms with Gasteiger partial charge in [0, 0.05) is 12.4 Å². The monoisotopic (exact) mass is 283 g/mol. The highest BCUT2D eigenvalue weighted by molar-refractivity contribution is 8.00. The molecular weight excluding hydrogens is 266 g/mol. The molecule has 0 unspecified atom stereocenters. The SMILES string of the molecule is O=C(NN1CSCCCCSC1)c1cccnc1. The average Bonchev–Trinajstić information content (AvgIpc) is 2.54. The van der Waals surface area contributed by atoms with E-state index < -0.39 is 0 Å². The molecule has 2 heterocycles. The van der Waals surface area contributed by atoms with Gasteiger partial charge in [-0.15, -0.1) is 23.5 Å².